The first-order valence-electron chi connectivity index (χ1n) is 6.15. The van der Waals surface area contributed by atoms with Gasteiger partial charge in [0.2, 0.25) is 10.0 Å². The molecule has 1 N–H and O–H groups in total. The van der Waals surface area contributed by atoms with Crippen LogP contribution in [0, 0.1) is 0 Å². The van der Waals surface area contributed by atoms with Crippen molar-refractivity contribution in [3.63, 3.8) is 0 Å². The van der Waals surface area contributed by atoms with Gasteiger partial charge < -0.3 is 0 Å². The standard InChI is InChI=1S/C11H12F3N3O3S2/c12-11(13,14)2-6-22(19,20)16-3-4-17-7-15-8-1-5-21-9(8)10(17)18/h1,5,7,16H,2-4,6H2. The van der Waals surface area contributed by atoms with Crippen LogP contribution in [-0.4, -0.2) is 36.4 Å². The molecule has 0 atom stereocenters. The summed E-state index contributed by atoms with van der Waals surface area (Å²) < 4.78 is 62.5. The van der Waals surface area contributed by atoms with Gasteiger partial charge in [-0.15, -0.1) is 11.3 Å². The fraction of sp³-hybridized carbons (Fsp3) is 0.455. The van der Waals surface area contributed by atoms with E-state index in [2.05, 4.69) is 4.98 Å². The van der Waals surface area contributed by atoms with E-state index >= 15 is 0 Å². The van der Waals surface area contributed by atoms with Crippen molar-refractivity contribution in [2.45, 2.75) is 19.1 Å². The minimum Gasteiger partial charge on any atom is -0.297 e. The molecule has 0 aliphatic carbocycles. The van der Waals surface area contributed by atoms with Crippen LogP contribution in [0.5, 0.6) is 0 Å². The summed E-state index contributed by atoms with van der Waals surface area (Å²) in [6, 6.07) is 1.69. The van der Waals surface area contributed by atoms with Gasteiger partial charge in [0.05, 0.1) is 24.0 Å². The molecule has 0 saturated carbocycles. The Morgan fingerprint density at radius 3 is 2.77 bits per heavy atom. The fourth-order valence-electron chi connectivity index (χ4n) is 1.68. The summed E-state index contributed by atoms with van der Waals surface area (Å²) in [6.45, 7) is -0.191. The zero-order valence-corrected chi connectivity index (χ0v) is 12.8. The van der Waals surface area contributed by atoms with Crippen LogP contribution in [0.2, 0.25) is 0 Å². The first kappa shape index (κ1) is 16.9. The third kappa shape index (κ3) is 4.52. The van der Waals surface area contributed by atoms with E-state index in [0.29, 0.717) is 10.2 Å². The first-order chi connectivity index (χ1) is 10.2. The lowest BCUT2D eigenvalue weighted by molar-refractivity contribution is -0.129. The van der Waals surface area contributed by atoms with Crippen LogP contribution < -0.4 is 10.3 Å². The molecular weight excluding hydrogens is 343 g/mol. The smallest absolute Gasteiger partial charge is 0.297 e. The third-order valence-corrected chi connectivity index (χ3v) is 5.04. The molecule has 0 spiro atoms. The largest absolute Gasteiger partial charge is 0.390 e. The second-order valence-corrected chi connectivity index (χ2v) is 7.30. The van der Waals surface area contributed by atoms with Crippen LogP contribution in [0.15, 0.2) is 22.6 Å². The lowest BCUT2D eigenvalue weighted by atomic mass is 10.4. The Bertz CT molecular complexity index is 811. The second kappa shape index (κ2) is 6.34. The highest BCUT2D eigenvalue weighted by Crippen LogP contribution is 2.19. The van der Waals surface area contributed by atoms with Crippen molar-refractivity contribution in [3.05, 3.63) is 28.1 Å². The highest BCUT2D eigenvalue weighted by Gasteiger charge is 2.29. The number of aromatic nitrogens is 2. The van der Waals surface area contributed by atoms with Crippen LogP contribution in [0.4, 0.5) is 13.2 Å². The van der Waals surface area contributed by atoms with Crippen molar-refractivity contribution in [2.75, 3.05) is 12.3 Å². The quantitative estimate of drug-likeness (QED) is 0.848. The van der Waals surface area contributed by atoms with Crippen molar-refractivity contribution in [2.24, 2.45) is 0 Å². The number of rotatable bonds is 6. The number of fused-ring (bicyclic) bond motifs is 1. The molecule has 0 amide bonds. The molecule has 0 fully saturated rings. The van der Waals surface area contributed by atoms with Gasteiger partial charge in [-0.2, -0.15) is 13.2 Å². The Labute approximate surface area is 127 Å². The summed E-state index contributed by atoms with van der Waals surface area (Å²) in [4.78, 5) is 16.0. The number of sulfonamides is 1. The number of hydrogen-bond acceptors (Lipinski definition) is 5. The lowest BCUT2D eigenvalue weighted by Gasteiger charge is -2.09. The molecule has 2 aromatic heterocycles. The molecule has 0 aromatic carbocycles. The predicted molar refractivity (Wildman–Crippen MR) is 76.3 cm³/mol. The predicted octanol–water partition coefficient (Wildman–Crippen LogP) is 1.33. The number of alkyl halides is 3. The molecule has 0 aliphatic heterocycles. The molecule has 0 unspecified atom stereocenters. The van der Waals surface area contributed by atoms with Gasteiger partial charge in [0.15, 0.2) is 0 Å². The number of nitrogens with one attached hydrogen (secondary N) is 1. The molecule has 122 valence electrons. The lowest BCUT2D eigenvalue weighted by Crippen LogP contribution is -2.33. The van der Waals surface area contributed by atoms with Gasteiger partial charge in [0, 0.05) is 13.1 Å². The number of halogens is 3. The number of nitrogens with zero attached hydrogens (tertiary/aromatic N) is 2. The summed E-state index contributed by atoms with van der Waals surface area (Å²) >= 11 is 1.22. The Morgan fingerprint density at radius 2 is 2.09 bits per heavy atom. The Hall–Kier alpha value is -1.46. The van der Waals surface area contributed by atoms with Crippen molar-refractivity contribution in [3.8, 4) is 0 Å². The summed E-state index contributed by atoms with van der Waals surface area (Å²) in [5.41, 5.74) is 0.242. The van der Waals surface area contributed by atoms with Crippen molar-refractivity contribution >= 4 is 31.6 Å². The molecule has 22 heavy (non-hydrogen) atoms. The molecule has 0 aliphatic rings. The van der Waals surface area contributed by atoms with Crippen LogP contribution >= 0.6 is 11.3 Å². The monoisotopic (exact) mass is 355 g/mol. The number of thiophene rings is 1. The van der Waals surface area contributed by atoms with Gasteiger partial charge in [-0.05, 0) is 11.4 Å². The Morgan fingerprint density at radius 1 is 1.36 bits per heavy atom. The number of hydrogen-bond donors (Lipinski definition) is 1. The first-order valence-corrected chi connectivity index (χ1v) is 8.68. The van der Waals surface area contributed by atoms with E-state index in [-0.39, 0.29) is 18.6 Å². The third-order valence-electron chi connectivity index (χ3n) is 2.76. The molecule has 2 rings (SSSR count). The van der Waals surface area contributed by atoms with Gasteiger partial charge in [-0.1, -0.05) is 0 Å². The van der Waals surface area contributed by atoms with E-state index < -0.39 is 28.4 Å². The van der Waals surface area contributed by atoms with E-state index in [4.69, 9.17) is 0 Å². The molecule has 0 bridgehead atoms. The maximum atomic E-state index is 12.0. The molecule has 0 radical (unpaired) electrons. The molecule has 2 aromatic rings. The molecular formula is C11H12F3N3O3S2. The topological polar surface area (TPSA) is 81.1 Å². The second-order valence-electron chi connectivity index (χ2n) is 4.46. The Kier molecular flexibility index (Phi) is 4.87. The summed E-state index contributed by atoms with van der Waals surface area (Å²) in [5.74, 6) is -1.03. The van der Waals surface area contributed by atoms with E-state index in [1.54, 1.807) is 11.4 Å². The van der Waals surface area contributed by atoms with Gasteiger partial charge >= 0.3 is 6.18 Å². The maximum absolute atomic E-state index is 12.0. The van der Waals surface area contributed by atoms with Crippen LogP contribution in [0.3, 0.4) is 0 Å². The zero-order chi connectivity index (χ0) is 16.4. The molecule has 0 saturated heterocycles. The van der Waals surface area contributed by atoms with Crippen molar-refractivity contribution in [1.29, 1.82) is 0 Å². The highest BCUT2D eigenvalue weighted by atomic mass is 32.2. The molecule has 11 heteroatoms. The maximum Gasteiger partial charge on any atom is 0.390 e. The van der Waals surface area contributed by atoms with Gasteiger partial charge in [-0.3, -0.25) is 9.36 Å². The SMILES string of the molecule is O=c1c2sccc2ncn1CCNS(=O)(=O)CCC(F)(F)F. The summed E-state index contributed by atoms with van der Waals surface area (Å²) in [6.07, 6.45) is -4.66. The molecule has 2 heterocycles. The zero-order valence-electron chi connectivity index (χ0n) is 11.1. The van der Waals surface area contributed by atoms with Gasteiger partial charge in [0.25, 0.3) is 5.56 Å². The average molecular weight is 355 g/mol. The van der Waals surface area contributed by atoms with E-state index in [9.17, 15) is 26.4 Å². The minimum atomic E-state index is -4.53. The highest BCUT2D eigenvalue weighted by molar-refractivity contribution is 7.89. The normalized spacial score (nSPS) is 12.9. The molecule has 6 nitrogen and oxygen atoms in total. The summed E-state index contributed by atoms with van der Waals surface area (Å²) in [7, 11) is -4.03. The van der Waals surface area contributed by atoms with Gasteiger partial charge in [0.1, 0.15) is 4.70 Å². The van der Waals surface area contributed by atoms with E-state index in [0.717, 1.165) is 0 Å². The van der Waals surface area contributed by atoms with E-state index in [1.165, 1.54) is 22.2 Å². The average Bonchev–Trinajstić information content (AvgIpc) is 2.88. The van der Waals surface area contributed by atoms with Crippen molar-refractivity contribution < 1.29 is 21.6 Å². The van der Waals surface area contributed by atoms with Crippen LogP contribution in [0.1, 0.15) is 6.42 Å². The van der Waals surface area contributed by atoms with E-state index in [1.807, 2.05) is 4.72 Å². The van der Waals surface area contributed by atoms with Crippen LogP contribution in [-0.2, 0) is 16.6 Å². The fourth-order valence-corrected chi connectivity index (χ4v) is 3.52. The Balaban J connectivity index is 1.95. The summed E-state index contributed by atoms with van der Waals surface area (Å²) in [5, 5.41) is 1.71. The van der Waals surface area contributed by atoms with Crippen LogP contribution in [0.25, 0.3) is 10.2 Å². The van der Waals surface area contributed by atoms with Gasteiger partial charge in [-0.25, -0.2) is 18.1 Å². The van der Waals surface area contributed by atoms with Crippen molar-refractivity contribution in [1.82, 2.24) is 14.3 Å². The minimum absolute atomic E-state index is 0.00901.